The van der Waals surface area contributed by atoms with Crippen LogP contribution in [0, 0.1) is 17.0 Å². The Hall–Kier alpha value is -3.70. The van der Waals surface area contributed by atoms with Gasteiger partial charge in [0.15, 0.2) is 6.54 Å². The maximum absolute atomic E-state index is 12.8. The van der Waals surface area contributed by atoms with Gasteiger partial charge in [0.2, 0.25) is 6.79 Å². The van der Waals surface area contributed by atoms with E-state index in [0.29, 0.717) is 38.5 Å². The molecule has 10 nitrogen and oxygen atoms in total. The van der Waals surface area contributed by atoms with Crippen LogP contribution in [0.5, 0.6) is 0 Å². The SMILES string of the molecule is Cc1ccc(C[N+](C)(CCCCOC(=O)OCOC(=O)C[N+]2(Cc3ccc([N+](=O)[O-])cc3)CCCCC2)Cc2ccc(Cl)cc2Cl)cc1. The molecule has 48 heavy (non-hydrogen) atoms. The summed E-state index contributed by atoms with van der Waals surface area (Å²) in [4.78, 5) is 35.6. The van der Waals surface area contributed by atoms with Gasteiger partial charge >= 0.3 is 12.1 Å². The lowest BCUT2D eigenvalue weighted by Gasteiger charge is -2.40. The van der Waals surface area contributed by atoms with Crippen molar-refractivity contribution in [2.75, 3.05) is 46.6 Å². The molecule has 1 aliphatic heterocycles. The Bertz CT molecular complexity index is 1530. The van der Waals surface area contributed by atoms with Gasteiger partial charge in [0.1, 0.15) is 19.6 Å². The normalized spacial score (nSPS) is 15.2. The Morgan fingerprint density at radius 1 is 0.875 bits per heavy atom. The highest BCUT2D eigenvalue weighted by Gasteiger charge is 2.34. The summed E-state index contributed by atoms with van der Waals surface area (Å²) >= 11 is 12.6. The maximum atomic E-state index is 12.8. The highest BCUT2D eigenvalue weighted by atomic mass is 35.5. The van der Waals surface area contributed by atoms with Gasteiger partial charge in [0.25, 0.3) is 5.69 Å². The number of likely N-dealkylation sites (tertiary alicyclic amines) is 1. The van der Waals surface area contributed by atoms with Crippen LogP contribution in [0.15, 0.2) is 66.7 Å². The third kappa shape index (κ3) is 11.8. The summed E-state index contributed by atoms with van der Waals surface area (Å²) in [6.45, 7) is 6.34. The smallest absolute Gasteiger partial charge is 0.434 e. The third-order valence-electron chi connectivity index (χ3n) is 8.86. The average molecular weight is 703 g/mol. The summed E-state index contributed by atoms with van der Waals surface area (Å²) in [5, 5.41) is 12.2. The minimum absolute atomic E-state index is 0.0302. The number of halogens is 2. The molecule has 0 bridgehead atoms. The molecule has 0 aliphatic carbocycles. The number of non-ortho nitro benzene ring substituents is 1. The van der Waals surface area contributed by atoms with Crippen LogP contribution in [-0.4, -0.2) is 72.6 Å². The van der Waals surface area contributed by atoms with Gasteiger partial charge in [-0.2, -0.15) is 0 Å². The number of ether oxygens (including phenoxy) is 3. The Kier molecular flexibility index (Phi) is 13.6. The minimum atomic E-state index is -0.889. The average Bonchev–Trinajstić information content (AvgIpc) is 3.04. The number of quaternary nitrogens is 2. The fourth-order valence-corrected chi connectivity index (χ4v) is 6.80. The zero-order valence-corrected chi connectivity index (χ0v) is 29.2. The van der Waals surface area contributed by atoms with Gasteiger partial charge in [-0.05, 0) is 63.3 Å². The molecule has 12 heteroatoms. The first-order valence-electron chi connectivity index (χ1n) is 16.3. The van der Waals surface area contributed by atoms with Gasteiger partial charge in [-0.15, -0.1) is 0 Å². The van der Waals surface area contributed by atoms with Crippen molar-refractivity contribution in [2.24, 2.45) is 0 Å². The predicted molar refractivity (Wildman–Crippen MR) is 184 cm³/mol. The number of hydrogen-bond acceptors (Lipinski definition) is 7. The number of unbranched alkanes of at least 4 members (excludes halogenated alkanes) is 1. The summed E-state index contributed by atoms with van der Waals surface area (Å²) in [7, 11) is 2.19. The molecule has 0 N–H and O–H groups in total. The zero-order valence-electron chi connectivity index (χ0n) is 27.7. The Labute approximate surface area is 292 Å². The molecule has 1 unspecified atom stereocenters. The summed E-state index contributed by atoms with van der Waals surface area (Å²) in [6.07, 6.45) is 3.58. The first-order chi connectivity index (χ1) is 22.9. The molecule has 1 heterocycles. The van der Waals surface area contributed by atoms with E-state index in [2.05, 4.69) is 38.2 Å². The van der Waals surface area contributed by atoms with E-state index in [-0.39, 0.29) is 18.8 Å². The fraction of sp³-hybridized carbons (Fsp3) is 0.444. The number of hydrogen-bond donors (Lipinski definition) is 0. The monoisotopic (exact) mass is 701 g/mol. The summed E-state index contributed by atoms with van der Waals surface area (Å²) in [5.41, 5.74) is 4.40. The first-order valence-corrected chi connectivity index (χ1v) is 17.1. The van der Waals surface area contributed by atoms with Crippen LogP contribution >= 0.6 is 23.2 Å². The van der Waals surface area contributed by atoms with Crippen LogP contribution < -0.4 is 0 Å². The number of carbonyl (C=O) groups excluding carboxylic acids is 2. The van der Waals surface area contributed by atoms with Crippen molar-refractivity contribution >= 4 is 41.0 Å². The second kappa shape index (κ2) is 17.6. The van der Waals surface area contributed by atoms with Gasteiger partial charge in [-0.1, -0.05) is 59.1 Å². The third-order valence-corrected chi connectivity index (χ3v) is 9.44. The van der Waals surface area contributed by atoms with Crippen molar-refractivity contribution in [3.8, 4) is 0 Å². The summed E-state index contributed by atoms with van der Waals surface area (Å²) in [5.74, 6) is -0.474. The number of nitro benzene ring substituents is 1. The Morgan fingerprint density at radius 3 is 2.23 bits per heavy atom. The van der Waals surface area contributed by atoms with E-state index in [1.807, 2.05) is 12.1 Å². The molecular formula is C36H45Cl2N3O7+2. The number of carbonyl (C=O) groups is 2. The lowest BCUT2D eigenvalue weighted by molar-refractivity contribution is -0.938. The molecule has 1 fully saturated rings. The Balaban J connectivity index is 1.20. The van der Waals surface area contributed by atoms with Gasteiger partial charge < -0.3 is 23.2 Å². The number of nitro groups is 1. The molecular weight excluding hydrogens is 657 g/mol. The van der Waals surface area contributed by atoms with Crippen LogP contribution in [0.1, 0.15) is 54.4 Å². The number of nitrogens with zero attached hydrogens (tertiary/aromatic N) is 3. The summed E-state index contributed by atoms with van der Waals surface area (Å²) < 4.78 is 16.7. The molecule has 0 saturated carbocycles. The van der Waals surface area contributed by atoms with Crippen molar-refractivity contribution in [3.63, 3.8) is 0 Å². The van der Waals surface area contributed by atoms with Crippen LogP contribution in [-0.2, 0) is 38.6 Å². The van der Waals surface area contributed by atoms with Crippen molar-refractivity contribution in [1.82, 2.24) is 0 Å². The van der Waals surface area contributed by atoms with Crippen LogP contribution in [0.3, 0.4) is 0 Å². The second-order valence-electron chi connectivity index (χ2n) is 13.1. The highest BCUT2D eigenvalue weighted by molar-refractivity contribution is 6.35. The van der Waals surface area contributed by atoms with E-state index in [1.165, 1.54) is 23.3 Å². The fourth-order valence-electron chi connectivity index (χ4n) is 6.33. The second-order valence-corrected chi connectivity index (χ2v) is 13.9. The van der Waals surface area contributed by atoms with Gasteiger partial charge in [0.05, 0.1) is 43.2 Å². The molecule has 1 saturated heterocycles. The lowest BCUT2D eigenvalue weighted by Crippen LogP contribution is -2.53. The highest BCUT2D eigenvalue weighted by Crippen LogP contribution is 2.27. The number of piperidine rings is 1. The first kappa shape index (κ1) is 37.1. The Morgan fingerprint density at radius 2 is 1.56 bits per heavy atom. The topological polar surface area (TPSA) is 105 Å². The molecule has 1 aliphatic rings. The van der Waals surface area contributed by atoms with Crippen molar-refractivity contribution in [2.45, 2.75) is 58.7 Å². The molecule has 0 aromatic heterocycles. The molecule has 3 aromatic rings. The predicted octanol–water partition coefficient (Wildman–Crippen LogP) is 7.99. The van der Waals surface area contributed by atoms with Crippen molar-refractivity contribution < 1.29 is 37.7 Å². The number of esters is 1. The van der Waals surface area contributed by atoms with E-state index in [0.717, 1.165) is 63.0 Å². The molecule has 0 amide bonds. The molecule has 3 aromatic carbocycles. The number of aryl methyl sites for hydroxylation is 1. The van der Waals surface area contributed by atoms with Crippen LogP contribution in [0.4, 0.5) is 10.5 Å². The standard InChI is InChI=1S/C36H45Cl2N3O7/c1-28-8-10-29(11-9-28)23-40(2,25-31-14-15-32(37)22-34(31)38)18-6-7-21-46-36(43)48-27-47-35(42)26-41(19-4-3-5-20-41)24-30-12-16-33(17-13-30)39(44)45/h8-17,22H,3-7,18-21,23-27H2,1-2H3/q+2. The molecule has 1 atom stereocenters. The van der Waals surface area contributed by atoms with E-state index >= 15 is 0 Å². The maximum Gasteiger partial charge on any atom is 0.511 e. The van der Waals surface area contributed by atoms with Gasteiger partial charge in [0, 0.05) is 33.8 Å². The van der Waals surface area contributed by atoms with E-state index in [9.17, 15) is 19.7 Å². The molecule has 258 valence electrons. The van der Waals surface area contributed by atoms with Crippen LogP contribution in [0.25, 0.3) is 0 Å². The minimum Gasteiger partial charge on any atom is -0.434 e. The van der Waals surface area contributed by atoms with E-state index in [1.54, 1.807) is 18.2 Å². The molecule has 4 rings (SSSR count). The van der Waals surface area contributed by atoms with Gasteiger partial charge in [-0.3, -0.25) is 10.1 Å². The largest absolute Gasteiger partial charge is 0.511 e. The van der Waals surface area contributed by atoms with Crippen molar-refractivity contribution in [3.05, 3.63) is 109 Å². The summed E-state index contributed by atoms with van der Waals surface area (Å²) in [6, 6.07) is 20.5. The number of benzene rings is 3. The lowest BCUT2D eigenvalue weighted by atomic mass is 10.0. The molecule has 0 radical (unpaired) electrons. The van der Waals surface area contributed by atoms with E-state index in [4.69, 9.17) is 37.4 Å². The van der Waals surface area contributed by atoms with E-state index < -0.39 is 23.8 Å². The van der Waals surface area contributed by atoms with Gasteiger partial charge in [-0.25, -0.2) is 9.59 Å². The number of rotatable bonds is 16. The zero-order chi connectivity index (χ0) is 34.6. The van der Waals surface area contributed by atoms with Crippen molar-refractivity contribution in [1.29, 1.82) is 0 Å². The van der Waals surface area contributed by atoms with Crippen LogP contribution in [0.2, 0.25) is 10.0 Å². The molecule has 0 spiro atoms. The quantitative estimate of drug-likeness (QED) is 0.0372.